The Morgan fingerprint density at radius 3 is 2.62 bits per heavy atom. The van der Waals surface area contributed by atoms with Gasteiger partial charge in [0.1, 0.15) is 11.7 Å². The molecule has 13 heavy (non-hydrogen) atoms. The SMILES string of the molecule is N#CC(C#N)C1CCCCC(=O)C1. The molecule has 1 atom stereocenters. The molecule has 0 bridgehead atoms. The van der Waals surface area contributed by atoms with Crippen molar-refractivity contribution in [2.75, 3.05) is 0 Å². The molecule has 0 N–H and O–H groups in total. The maximum atomic E-state index is 11.2. The number of nitriles is 2. The minimum absolute atomic E-state index is 0.0231. The molecule has 1 fully saturated rings. The molecule has 0 aromatic rings. The average molecular weight is 176 g/mol. The average Bonchev–Trinajstić information content (AvgIpc) is 2.32. The highest BCUT2D eigenvalue weighted by molar-refractivity contribution is 5.78. The Balaban J connectivity index is 2.63. The first-order valence-electron chi connectivity index (χ1n) is 4.59. The van der Waals surface area contributed by atoms with Gasteiger partial charge in [-0.1, -0.05) is 6.42 Å². The Labute approximate surface area is 78.0 Å². The van der Waals surface area contributed by atoms with E-state index in [-0.39, 0.29) is 11.7 Å². The molecular formula is C10H12N2O. The normalized spacial score (nSPS) is 23.3. The summed E-state index contributed by atoms with van der Waals surface area (Å²) in [5.74, 6) is -0.412. The molecule has 0 spiro atoms. The van der Waals surface area contributed by atoms with E-state index < -0.39 is 5.92 Å². The topological polar surface area (TPSA) is 64.7 Å². The first kappa shape index (κ1) is 9.74. The van der Waals surface area contributed by atoms with Gasteiger partial charge in [0.2, 0.25) is 0 Å². The summed E-state index contributed by atoms with van der Waals surface area (Å²) in [6.07, 6.45) is 3.78. The predicted molar refractivity (Wildman–Crippen MR) is 46.3 cm³/mol. The van der Waals surface area contributed by atoms with E-state index in [1.54, 1.807) is 0 Å². The molecule has 0 aromatic heterocycles. The second kappa shape index (κ2) is 4.62. The van der Waals surface area contributed by atoms with Gasteiger partial charge in [-0.15, -0.1) is 0 Å². The summed E-state index contributed by atoms with van der Waals surface area (Å²) in [7, 11) is 0. The van der Waals surface area contributed by atoms with Crippen molar-refractivity contribution in [2.45, 2.75) is 32.1 Å². The van der Waals surface area contributed by atoms with Crippen LogP contribution < -0.4 is 0 Å². The fraction of sp³-hybridized carbons (Fsp3) is 0.700. The smallest absolute Gasteiger partial charge is 0.136 e. The van der Waals surface area contributed by atoms with Gasteiger partial charge in [-0.2, -0.15) is 10.5 Å². The van der Waals surface area contributed by atoms with E-state index in [2.05, 4.69) is 0 Å². The molecule has 1 unspecified atom stereocenters. The predicted octanol–water partition coefficient (Wildman–Crippen LogP) is 1.80. The number of carbonyl (C=O) groups excluding carboxylic acids is 1. The van der Waals surface area contributed by atoms with Crippen LogP contribution in [0.4, 0.5) is 0 Å². The third kappa shape index (κ3) is 2.56. The molecule has 68 valence electrons. The molecule has 1 aliphatic carbocycles. The Hall–Kier alpha value is -1.35. The van der Waals surface area contributed by atoms with Crippen LogP contribution in [-0.2, 0) is 4.79 Å². The van der Waals surface area contributed by atoms with Crippen molar-refractivity contribution < 1.29 is 4.79 Å². The van der Waals surface area contributed by atoms with Crippen molar-refractivity contribution >= 4 is 5.78 Å². The minimum atomic E-state index is -0.595. The largest absolute Gasteiger partial charge is 0.300 e. The number of hydrogen-bond acceptors (Lipinski definition) is 3. The monoisotopic (exact) mass is 176 g/mol. The van der Waals surface area contributed by atoms with Gasteiger partial charge in [-0.25, -0.2) is 0 Å². The van der Waals surface area contributed by atoms with Crippen LogP contribution in [0.2, 0.25) is 0 Å². The van der Waals surface area contributed by atoms with Crippen LogP contribution in [0.3, 0.4) is 0 Å². The maximum Gasteiger partial charge on any atom is 0.136 e. The molecule has 0 amide bonds. The lowest BCUT2D eigenvalue weighted by molar-refractivity contribution is -0.119. The highest BCUT2D eigenvalue weighted by Crippen LogP contribution is 2.26. The van der Waals surface area contributed by atoms with E-state index >= 15 is 0 Å². The van der Waals surface area contributed by atoms with Crippen LogP contribution in [-0.4, -0.2) is 5.78 Å². The van der Waals surface area contributed by atoms with Crippen molar-refractivity contribution in [3.63, 3.8) is 0 Å². The van der Waals surface area contributed by atoms with Crippen molar-refractivity contribution in [2.24, 2.45) is 11.8 Å². The van der Waals surface area contributed by atoms with Crippen LogP contribution in [0, 0.1) is 34.5 Å². The summed E-state index contributed by atoms with van der Waals surface area (Å²) >= 11 is 0. The maximum absolute atomic E-state index is 11.2. The second-order valence-corrected chi connectivity index (χ2v) is 3.48. The van der Waals surface area contributed by atoms with Gasteiger partial charge in [-0.05, 0) is 18.8 Å². The molecular weight excluding hydrogens is 164 g/mol. The molecule has 3 nitrogen and oxygen atoms in total. The second-order valence-electron chi connectivity index (χ2n) is 3.48. The van der Waals surface area contributed by atoms with Crippen LogP contribution in [0.15, 0.2) is 0 Å². The number of ketones is 1. The number of hydrogen-bond donors (Lipinski definition) is 0. The standard InChI is InChI=1S/C10H12N2O/c11-6-9(7-12)8-3-1-2-4-10(13)5-8/h8-9H,1-5H2. The first-order chi connectivity index (χ1) is 6.27. The van der Waals surface area contributed by atoms with Crippen LogP contribution in [0.5, 0.6) is 0 Å². The van der Waals surface area contributed by atoms with Gasteiger partial charge < -0.3 is 0 Å². The van der Waals surface area contributed by atoms with Crippen LogP contribution in [0.25, 0.3) is 0 Å². The summed E-state index contributed by atoms with van der Waals surface area (Å²) < 4.78 is 0. The van der Waals surface area contributed by atoms with Crippen molar-refractivity contribution in [1.29, 1.82) is 10.5 Å². The van der Waals surface area contributed by atoms with E-state index in [4.69, 9.17) is 10.5 Å². The highest BCUT2D eigenvalue weighted by Gasteiger charge is 2.25. The molecule has 0 aliphatic heterocycles. The fourth-order valence-corrected chi connectivity index (χ4v) is 1.75. The molecule has 0 aromatic carbocycles. The fourth-order valence-electron chi connectivity index (χ4n) is 1.75. The number of rotatable bonds is 1. The van der Waals surface area contributed by atoms with E-state index in [1.807, 2.05) is 12.1 Å². The number of nitrogens with zero attached hydrogens (tertiary/aromatic N) is 2. The first-order valence-corrected chi connectivity index (χ1v) is 4.59. The Morgan fingerprint density at radius 1 is 1.31 bits per heavy atom. The molecule has 0 heterocycles. The third-order valence-electron chi connectivity index (χ3n) is 2.52. The molecule has 0 saturated heterocycles. The highest BCUT2D eigenvalue weighted by atomic mass is 16.1. The summed E-state index contributed by atoms with van der Waals surface area (Å²) in [4.78, 5) is 11.2. The Morgan fingerprint density at radius 2 is 2.00 bits per heavy atom. The lowest BCUT2D eigenvalue weighted by atomic mass is 9.88. The van der Waals surface area contributed by atoms with Gasteiger partial charge in [0.15, 0.2) is 0 Å². The van der Waals surface area contributed by atoms with Crippen molar-refractivity contribution in [3.8, 4) is 12.1 Å². The zero-order valence-corrected chi connectivity index (χ0v) is 7.49. The Kier molecular flexibility index (Phi) is 3.46. The Bertz CT molecular complexity index is 258. The van der Waals surface area contributed by atoms with E-state index in [1.165, 1.54) is 0 Å². The van der Waals surface area contributed by atoms with Crippen LogP contribution in [0.1, 0.15) is 32.1 Å². The van der Waals surface area contributed by atoms with Crippen molar-refractivity contribution in [3.05, 3.63) is 0 Å². The van der Waals surface area contributed by atoms with Gasteiger partial charge in [0.05, 0.1) is 12.1 Å². The lowest BCUT2D eigenvalue weighted by Gasteiger charge is -2.12. The molecule has 3 heteroatoms. The van der Waals surface area contributed by atoms with Gasteiger partial charge in [0.25, 0.3) is 0 Å². The molecule has 0 radical (unpaired) electrons. The summed E-state index contributed by atoms with van der Waals surface area (Å²) in [6.45, 7) is 0. The molecule has 1 aliphatic rings. The molecule has 1 saturated carbocycles. The van der Waals surface area contributed by atoms with E-state index in [9.17, 15) is 4.79 Å². The molecule has 1 rings (SSSR count). The van der Waals surface area contributed by atoms with Gasteiger partial charge in [0, 0.05) is 12.8 Å². The number of carbonyl (C=O) groups is 1. The van der Waals surface area contributed by atoms with Gasteiger partial charge in [-0.3, -0.25) is 4.79 Å². The van der Waals surface area contributed by atoms with E-state index in [0.29, 0.717) is 12.8 Å². The summed E-state index contributed by atoms with van der Waals surface area (Å²) in [5, 5.41) is 17.3. The number of Topliss-reactive ketones (excluding diaryl/α,β-unsaturated/α-hetero) is 1. The van der Waals surface area contributed by atoms with Crippen molar-refractivity contribution in [1.82, 2.24) is 0 Å². The lowest BCUT2D eigenvalue weighted by Crippen LogP contribution is -2.13. The van der Waals surface area contributed by atoms with E-state index in [0.717, 1.165) is 19.3 Å². The summed E-state index contributed by atoms with van der Waals surface area (Å²) in [5.41, 5.74) is 0. The van der Waals surface area contributed by atoms with Gasteiger partial charge >= 0.3 is 0 Å². The van der Waals surface area contributed by atoms with Crippen LogP contribution >= 0.6 is 0 Å². The zero-order valence-electron chi connectivity index (χ0n) is 7.49. The zero-order chi connectivity index (χ0) is 9.68. The minimum Gasteiger partial charge on any atom is -0.300 e. The summed E-state index contributed by atoms with van der Waals surface area (Å²) in [6, 6.07) is 3.91. The quantitative estimate of drug-likeness (QED) is 0.572. The third-order valence-corrected chi connectivity index (χ3v) is 2.52.